The summed E-state index contributed by atoms with van der Waals surface area (Å²) in [6.07, 6.45) is 0.725. The molecule has 2 atom stereocenters. The highest BCUT2D eigenvalue weighted by atomic mass is 16.5. The molecule has 0 saturated carbocycles. The Morgan fingerprint density at radius 3 is 2.45 bits per heavy atom. The van der Waals surface area contributed by atoms with Crippen LogP contribution >= 0.6 is 0 Å². The molecule has 1 saturated heterocycles. The van der Waals surface area contributed by atoms with E-state index in [0.717, 1.165) is 37.6 Å². The van der Waals surface area contributed by atoms with Crippen molar-refractivity contribution in [2.24, 2.45) is 5.92 Å². The van der Waals surface area contributed by atoms with Crippen LogP contribution in [0.5, 0.6) is 11.5 Å². The first kappa shape index (κ1) is 15.1. The molecule has 112 valence electrons. The zero-order chi connectivity index (χ0) is 14.4. The van der Waals surface area contributed by atoms with Crippen LogP contribution in [0.4, 0.5) is 0 Å². The second-order valence-electron chi connectivity index (χ2n) is 5.39. The number of nitrogens with zero attached hydrogens (tertiary/aromatic N) is 1. The van der Waals surface area contributed by atoms with Crippen LogP contribution in [0.25, 0.3) is 0 Å². The van der Waals surface area contributed by atoms with E-state index >= 15 is 0 Å². The highest BCUT2D eigenvalue weighted by Crippen LogP contribution is 2.18. The van der Waals surface area contributed by atoms with Gasteiger partial charge in [-0.1, -0.05) is 6.92 Å². The Hall–Kier alpha value is -1.26. The minimum atomic E-state index is -0.140. The first-order valence-electron chi connectivity index (χ1n) is 7.45. The van der Waals surface area contributed by atoms with E-state index in [1.54, 1.807) is 0 Å². The van der Waals surface area contributed by atoms with Crippen molar-refractivity contribution < 1.29 is 14.6 Å². The summed E-state index contributed by atoms with van der Waals surface area (Å²) in [5.74, 6) is 2.10. The SMILES string of the molecule is CCOc1ccc(OCCN2CCC(O)C(C)C2)cc1. The summed E-state index contributed by atoms with van der Waals surface area (Å²) in [6.45, 7) is 8.25. The third-order valence-corrected chi connectivity index (χ3v) is 3.76. The van der Waals surface area contributed by atoms with Gasteiger partial charge in [0, 0.05) is 19.6 Å². The first-order chi connectivity index (χ1) is 9.69. The maximum Gasteiger partial charge on any atom is 0.119 e. The summed E-state index contributed by atoms with van der Waals surface area (Å²) in [6, 6.07) is 7.73. The van der Waals surface area contributed by atoms with Crippen LogP contribution < -0.4 is 9.47 Å². The molecule has 0 aliphatic carbocycles. The lowest BCUT2D eigenvalue weighted by Crippen LogP contribution is -2.43. The van der Waals surface area contributed by atoms with Crippen molar-refractivity contribution in [2.75, 3.05) is 32.8 Å². The second-order valence-corrected chi connectivity index (χ2v) is 5.39. The number of hydrogen-bond acceptors (Lipinski definition) is 4. The molecule has 1 fully saturated rings. The summed E-state index contributed by atoms with van der Waals surface area (Å²) in [4.78, 5) is 2.35. The number of rotatable bonds is 6. The smallest absolute Gasteiger partial charge is 0.119 e. The van der Waals surface area contributed by atoms with Crippen molar-refractivity contribution in [1.82, 2.24) is 4.90 Å². The Kier molecular flexibility index (Phi) is 5.68. The van der Waals surface area contributed by atoms with E-state index < -0.39 is 0 Å². The number of aliphatic hydroxyl groups is 1. The van der Waals surface area contributed by atoms with E-state index in [1.807, 2.05) is 31.2 Å². The quantitative estimate of drug-likeness (QED) is 0.866. The van der Waals surface area contributed by atoms with Crippen molar-refractivity contribution in [3.05, 3.63) is 24.3 Å². The lowest BCUT2D eigenvalue weighted by Gasteiger charge is -2.34. The lowest BCUT2D eigenvalue weighted by atomic mass is 9.97. The maximum absolute atomic E-state index is 9.70. The molecule has 20 heavy (non-hydrogen) atoms. The summed E-state index contributed by atoms with van der Waals surface area (Å²) in [7, 11) is 0. The molecule has 1 N–H and O–H groups in total. The average Bonchev–Trinajstić information content (AvgIpc) is 2.45. The largest absolute Gasteiger partial charge is 0.494 e. The number of piperidine rings is 1. The van der Waals surface area contributed by atoms with Crippen LogP contribution in [0.3, 0.4) is 0 Å². The van der Waals surface area contributed by atoms with Crippen molar-refractivity contribution in [1.29, 1.82) is 0 Å². The molecule has 1 aliphatic heterocycles. The fourth-order valence-corrected chi connectivity index (χ4v) is 2.51. The molecule has 4 heteroatoms. The van der Waals surface area contributed by atoms with Gasteiger partial charge in [0.2, 0.25) is 0 Å². The number of benzene rings is 1. The van der Waals surface area contributed by atoms with Crippen molar-refractivity contribution in [2.45, 2.75) is 26.4 Å². The Balaban J connectivity index is 1.70. The minimum Gasteiger partial charge on any atom is -0.494 e. The van der Waals surface area contributed by atoms with E-state index in [2.05, 4.69) is 11.8 Å². The molecular weight excluding hydrogens is 254 g/mol. The molecule has 0 amide bonds. The Morgan fingerprint density at radius 2 is 1.85 bits per heavy atom. The summed E-state index contributed by atoms with van der Waals surface area (Å²) in [5.41, 5.74) is 0. The maximum atomic E-state index is 9.70. The highest BCUT2D eigenvalue weighted by Gasteiger charge is 2.23. The van der Waals surface area contributed by atoms with Gasteiger partial charge >= 0.3 is 0 Å². The van der Waals surface area contributed by atoms with Gasteiger partial charge < -0.3 is 14.6 Å². The van der Waals surface area contributed by atoms with Gasteiger partial charge in [0.05, 0.1) is 12.7 Å². The van der Waals surface area contributed by atoms with E-state index in [0.29, 0.717) is 19.1 Å². The molecule has 4 nitrogen and oxygen atoms in total. The van der Waals surface area contributed by atoms with Gasteiger partial charge in [0.1, 0.15) is 18.1 Å². The monoisotopic (exact) mass is 279 g/mol. The van der Waals surface area contributed by atoms with E-state index in [9.17, 15) is 5.11 Å². The normalized spacial score (nSPS) is 23.6. The highest BCUT2D eigenvalue weighted by molar-refractivity contribution is 5.31. The topological polar surface area (TPSA) is 41.9 Å². The zero-order valence-electron chi connectivity index (χ0n) is 12.4. The minimum absolute atomic E-state index is 0.140. The first-order valence-corrected chi connectivity index (χ1v) is 7.45. The van der Waals surface area contributed by atoms with Gasteiger partial charge in [-0.2, -0.15) is 0 Å². The summed E-state index contributed by atoms with van der Waals surface area (Å²) < 4.78 is 11.1. The fourth-order valence-electron chi connectivity index (χ4n) is 2.51. The predicted octanol–water partition coefficient (Wildman–Crippen LogP) is 2.17. The molecule has 0 radical (unpaired) electrons. The van der Waals surface area contributed by atoms with Gasteiger partial charge in [-0.15, -0.1) is 0 Å². The van der Waals surface area contributed by atoms with Gasteiger partial charge in [0.25, 0.3) is 0 Å². The molecular formula is C16H25NO3. The van der Waals surface area contributed by atoms with Crippen LogP contribution in [-0.2, 0) is 0 Å². The van der Waals surface area contributed by atoms with Gasteiger partial charge in [0.15, 0.2) is 0 Å². The van der Waals surface area contributed by atoms with Crippen LogP contribution in [0, 0.1) is 5.92 Å². The Bertz CT molecular complexity index is 393. The number of aliphatic hydroxyl groups excluding tert-OH is 1. The van der Waals surface area contributed by atoms with Gasteiger partial charge in [-0.05, 0) is 43.5 Å². The molecule has 2 unspecified atom stereocenters. The number of ether oxygens (including phenoxy) is 2. The molecule has 1 aromatic rings. The van der Waals surface area contributed by atoms with E-state index in [1.165, 1.54) is 0 Å². The van der Waals surface area contributed by atoms with Crippen molar-refractivity contribution in [3.8, 4) is 11.5 Å². The van der Waals surface area contributed by atoms with Crippen LogP contribution in [-0.4, -0.2) is 49.0 Å². The van der Waals surface area contributed by atoms with Gasteiger partial charge in [-0.25, -0.2) is 0 Å². The van der Waals surface area contributed by atoms with E-state index in [4.69, 9.17) is 9.47 Å². The number of likely N-dealkylation sites (tertiary alicyclic amines) is 1. The molecule has 1 aliphatic rings. The average molecular weight is 279 g/mol. The molecule has 1 aromatic carbocycles. The van der Waals surface area contributed by atoms with Crippen molar-refractivity contribution in [3.63, 3.8) is 0 Å². The molecule has 2 rings (SSSR count). The Labute approximate surface area is 121 Å². The second kappa shape index (κ2) is 7.50. The molecule has 0 aromatic heterocycles. The Morgan fingerprint density at radius 1 is 1.20 bits per heavy atom. The lowest BCUT2D eigenvalue weighted by molar-refractivity contribution is 0.0304. The standard InChI is InChI=1S/C16H25NO3/c1-3-19-14-4-6-15(7-5-14)20-11-10-17-9-8-16(18)13(2)12-17/h4-7,13,16,18H,3,8-12H2,1-2H3. The van der Waals surface area contributed by atoms with Crippen molar-refractivity contribution >= 4 is 0 Å². The number of hydrogen-bond donors (Lipinski definition) is 1. The third-order valence-electron chi connectivity index (χ3n) is 3.76. The van der Waals surface area contributed by atoms with Crippen LogP contribution in [0.15, 0.2) is 24.3 Å². The molecule has 1 heterocycles. The summed E-state index contributed by atoms with van der Waals surface area (Å²) in [5, 5.41) is 9.70. The van der Waals surface area contributed by atoms with Gasteiger partial charge in [-0.3, -0.25) is 4.90 Å². The fraction of sp³-hybridized carbons (Fsp3) is 0.625. The van der Waals surface area contributed by atoms with Crippen LogP contribution in [0.2, 0.25) is 0 Å². The predicted molar refractivity (Wildman–Crippen MR) is 79.3 cm³/mol. The molecule has 0 spiro atoms. The summed E-state index contributed by atoms with van der Waals surface area (Å²) >= 11 is 0. The third kappa shape index (κ3) is 4.39. The van der Waals surface area contributed by atoms with Crippen LogP contribution in [0.1, 0.15) is 20.3 Å². The van der Waals surface area contributed by atoms with E-state index in [-0.39, 0.29) is 6.10 Å². The zero-order valence-corrected chi connectivity index (χ0v) is 12.4. The molecule has 0 bridgehead atoms.